The predicted molar refractivity (Wildman–Crippen MR) is 98.8 cm³/mol. The summed E-state index contributed by atoms with van der Waals surface area (Å²) in [5, 5.41) is 6.44. The van der Waals surface area contributed by atoms with E-state index in [0.717, 1.165) is 34.2 Å². The van der Waals surface area contributed by atoms with E-state index in [1.54, 1.807) is 7.05 Å². The highest BCUT2D eigenvalue weighted by molar-refractivity contribution is 6.02. The van der Waals surface area contributed by atoms with Crippen molar-refractivity contribution in [3.05, 3.63) is 29.0 Å². The normalized spacial score (nSPS) is 13.2. The fourth-order valence-corrected chi connectivity index (χ4v) is 3.23. The Bertz CT molecular complexity index is 849. The van der Waals surface area contributed by atoms with Gasteiger partial charge in [-0.25, -0.2) is 4.79 Å². The van der Waals surface area contributed by atoms with Gasteiger partial charge in [-0.1, -0.05) is 0 Å². The zero-order valence-electron chi connectivity index (χ0n) is 15.6. The molecule has 0 spiro atoms. The number of hydrogen-bond donors (Lipinski definition) is 3. The van der Waals surface area contributed by atoms with Crippen LogP contribution in [0.1, 0.15) is 42.4 Å². The molecule has 7 heteroatoms. The van der Waals surface area contributed by atoms with E-state index >= 15 is 0 Å². The third kappa shape index (κ3) is 3.61. The second-order valence-corrected chi connectivity index (χ2v) is 7.30. The van der Waals surface area contributed by atoms with E-state index in [2.05, 4.69) is 15.6 Å². The van der Waals surface area contributed by atoms with Gasteiger partial charge in [0.25, 0.3) is 5.91 Å². The monoisotopic (exact) mass is 359 g/mol. The van der Waals surface area contributed by atoms with Gasteiger partial charge in [-0.05, 0) is 44.9 Å². The number of rotatable bonds is 4. The SMILES string of the molecule is CNC(=O)c1[nH]c2ccc3c(c2c1CCNC(=O)OC(C)(C)C)CCO3. The van der Waals surface area contributed by atoms with Crippen LogP contribution in [0.3, 0.4) is 0 Å². The number of nitrogens with one attached hydrogen (secondary N) is 3. The van der Waals surface area contributed by atoms with Gasteiger partial charge in [-0.15, -0.1) is 0 Å². The number of H-pyrrole nitrogens is 1. The molecule has 2 amide bonds. The fourth-order valence-electron chi connectivity index (χ4n) is 3.23. The van der Waals surface area contributed by atoms with Crippen LogP contribution in [0.5, 0.6) is 5.75 Å². The van der Waals surface area contributed by atoms with Gasteiger partial charge in [0.1, 0.15) is 17.0 Å². The number of carbonyl (C=O) groups is 2. The van der Waals surface area contributed by atoms with Crippen molar-refractivity contribution in [2.45, 2.75) is 39.2 Å². The number of amides is 2. The summed E-state index contributed by atoms with van der Waals surface area (Å²) in [4.78, 5) is 27.4. The Morgan fingerprint density at radius 3 is 2.77 bits per heavy atom. The summed E-state index contributed by atoms with van der Waals surface area (Å²) >= 11 is 0. The minimum atomic E-state index is -0.545. The number of alkyl carbamates (subject to hydrolysis) is 1. The summed E-state index contributed by atoms with van der Waals surface area (Å²) in [6, 6.07) is 3.86. The highest BCUT2D eigenvalue weighted by atomic mass is 16.6. The summed E-state index contributed by atoms with van der Waals surface area (Å²) in [6.07, 6.45) is 0.857. The van der Waals surface area contributed by atoms with Gasteiger partial charge in [0, 0.05) is 36.5 Å². The first-order chi connectivity index (χ1) is 12.3. The van der Waals surface area contributed by atoms with Crippen molar-refractivity contribution in [1.82, 2.24) is 15.6 Å². The molecular formula is C19H25N3O4. The van der Waals surface area contributed by atoms with Crippen molar-refractivity contribution >= 4 is 22.9 Å². The van der Waals surface area contributed by atoms with Gasteiger partial charge in [0.05, 0.1) is 6.61 Å². The Morgan fingerprint density at radius 2 is 2.08 bits per heavy atom. The van der Waals surface area contributed by atoms with Gasteiger partial charge < -0.3 is 25.1 Å². The molecule has 0 fully saturated rings. The van der Waals surface area contributed by atoms with Crippen molar-refractivity contribution in [2.24, 2.45) is 0 Å². The predicted octanol–water partition coefficient (Wildman–Crippen LogP) is 2.53. The molecule has 2 aromatic rings. The van der Waals surface area contributed by atoms with Crippen LogP contribution in [0.2, 0.25) is 0 Å². The third-order valence-electron chi connectivity index (χ3n) is 4.24. The maximum absolute atomic E-state index is 12.3. The number of aromatic amines is 1. The molecule has 0 bridgehead atoms. The summed E-state index contributed by atoms with van der Waals surface area (Å²) in [7, 11) is 1.60. The second-order valence-electron chi connectivity index (χ2n) is 7.30. The van der Waals surface area contributed by atoms with E-state index in [9.17, 15) is 9.59 Å². The lowest BCUT2D eigenvalue weighted by Crippen LogP contribution is -2.33. The molecule has 3 rings (SSSR count). The van der Waals surface area contributed by atoms with Crippen molar-refractivity contribution < 1.29 is 19.1 Å². The molecule has 0 saturated heterocycles. The zero-order chi connectivity index (χ0) is 18.9. The maximum Gasteiger partial charge on any atom is 0.407 e. The van der Waals surface area contributed by atoms with Gasteiger partial charge in [-0.3, -0.25) is 4.79 Å². The number of aromatic nitrogens is 1. The van der Waals surface area contributed by atoms with Crippen LogP contribution in [-0.4, -0.2) is 42.8 Å². The van der Waals surface area contributed by atoms with Crippen LogP contribution in [0, 0.1) is 0 Å². The Hall–Kier alpha value is -2.70. The lowest BCUT2D eigenvalue weighted by Gasteiger charge is -2.19. The minimum Gasteiger partial charge on any atom is -0.493 e. The first-order valence-electron chi connectivity index (χ1n) is 8.78. The summed E-state index contributed by atoms with van der Waals surface area (Å²) < 4.78 is 10.9. The van der Waals surface area contributed by atoms with Crippen molar-refractivity contribution in [3.63, 3.8) is 0 Å². The molecule has 0 unspecified atom stereocenters. The van der Waals surface area contributed by atoms with E-state index in [-0.39, 0.29) is 5.91 Å². The average Bonchev–Trinajstić information content (AvgIpc) is 3.16. The minimum absolute atomic E-state index is 0.180. The number of hydrogen-bond acceptors (Lipinski definition) is 4. The number of fused-ring (bicyclic) bond motifs is 3. The summed E-state index contributed by atoms with van der Waals surface area (Å²) in [5.74, 6) is 0.683. The Morgan fingerprint density at radius 1 is 1.31 bits per heavy atom. The van der Waals surface area contributed by atoms with Gasteiger partial charge in [0.15, 0.2) is 0 Å². The first-order valence-corrected chi connectivity index (χ1v) is 8.78. The lowest BCUT2D eigenvalue weighted by molar-refractivity contribution is 0.0528. The van der Waals surface area contributed by atoms with Crippen LogP contribution in [-0.2, 0) is 17.6 Å². The van der Waals surface area contributed by atoms with E-state index in [1.165, 1.54) is 0 Å². The number of carbonyl (C=O) groups excluding carboxylic acids is 2. The third-order valence-corrected chi connectivity index (χ3v) is 4.24. The molecule has 7 nitrogen and oxygen atoms in total. The van der Waals surface area contributed by atoms with Crippen LogP contribution >= 0.6 is 0 Å². The summed E-state index contributed by atoms with van der Waals surface area (Å²) in [6.45, 7) is 6.47. The molecule has 0 saturated carbocycles. The van der Waals surface area contributed by atoms with Gasteiger partial charge in [0.2, 0.25) is 0 Å². The van der Waals surface area contributed by atoms with Crippen LogP contribution < -0.4 is 15.4 Å². The van der Waals surface area contributed by atoms with Gasteiger partial charge >= 0.3 is 6.09 Å². The molecule has 3 N–H and O–H groups in total. The van der Waals surface area contributed by atoms with E-state index in [0.29, 0.717) is 25.3 Å². The molecule has 2 heterocycles. The molecule has 1 aromatic carbocycles. The summed E-state index contributed by atoms with van der Waals surface area (Å²) in [5.41, 5.74) is 2.88. The fraction of sp³-hybridized carbons (Fsp3) is 0.474. The maximum atomic E-state index is 12.3. The first kappa shape index (κ1) is 18.1. The van der Waals surface area contributed by atoms with Crippen LogP contribution in [0.25, 0.3) is 10.9 Å². The Kier molecular flexibility index (Phi) is 4.80. The highest BCUT2D eigenvalue weighted by Gasteiger charge is 2.24. The molecule has 26 heavy (non-hydrogen) atoms. The molecule has 1 aromatic heterocycles. The highest BCUT2D eigenvalue weighted by Crippen LogP contribution is 2.36. The van der Waals surface area contributed by atoms with Crippen LogP contribution in [0.4, 0.5) is 4.79 Å². The standard InChI is InChI=1S/C19H25N3O4/c1-19(2,3)26-18(24)21-9-7-12-15-11-8-10-25-14(11)6-5-13(15)22-16(12)17(23)20-4/h5-6,22H,7-10H2,1-4H3,(H,20,23)(H,21,24). The number of ether oxygens (including phenoxy) is 2. The average molecular weight is 359 g/mol. The lowest BCUT2D eigenvalue weighted by atomic mass is 10.0. The molecule has 0 radical (unpaired) electrons. The molecule has 0 aliphatic carbocycles. The van der Waals surface area contributed by atoms with Crippen molar-refractivity contribution in [1.29, 1.82) is 0 Å². The molecule has 140 valence electrons. The van der Waals surface area contributed by atoms with Crippen LogP contribution in [0.15, 0.2) is 12.1 Å². The smallest absolute Gasteiger partial charge is 0.407 e. The largest absolute Gasteiger partial charge is 0.493 e. The van der Waals surface area contributed by atoms with Gasteiger partial charge in [-0.2, -0.15) is 0 Å². The zero-order valence-corrected chi connectivity index (χ0v) is 15.6. The van der Waals surface area contributed by atoms with E-state index in [4.69, 9.17) is 9.47 Å². The topological polar surface area (TPSA) is 92.5 Å². The van der Waals surface area contributed by atoms with E-state index in [1.807, 2.05) is 32.9 Å². The Labute approximate surface area is 152 Å². The van der Waals surface area contributed by atoms with Crippen molar-refractivity contribution in [2.75, 3.05) is 20.2 Å². The molecule has 1 aliphatic heterocycles. The Balaban J connectivity index is 1.87. The molecular weight excluding hydrogens is 334 g/mol. The van der Waals surface area contributed by atoms with Crippen molar-refractivity contribution in [3.8, 4) is 5.75 Å². The molecule has 1 aliphatic rings. The number of benzene rings is 1. The quantitative estimate of drug-likeness (QED) is 0.782. The second kappa shape index (κ2) is 6.90. The molecule has 0 atom stereocenters. The van der Waals surface area contributed by atoms with E-state index < -0.39 is 11.7 Å².